The molecule has 4 heteroatoms. The fourth-order valence-electron chi connectivity index (χ4n) is 1.37. The molecule has 16 heavy (non-hydrogen) atoms. The second-order valence-electron chi connectivity index (χ2n) is 3.47. The molecule has 1 aliphatic rings. The average Bonchev–Trinajstić information content (AvgIpc) is 2.81. The first kappa shape index (κ1) is 11.1. The smallest absolute Gasteiger partial charge is 0.407 e. The van der Waals surface area contributed by atoms with E-state index in [-0.39, 0.29) is 12.1 Å². The Morgan fingerprint density at radius 1 is 1.44 bits per heavy atom. The fraction of sp³-hybridized carbons (Fsp3) is 0.250. The molecular formula is C12H13NO2S. The first-order chi connectivity index (χ1) is 7.84. The maximum atomic E-state index is 11.4. The second-order valence-corrected chi connectivity index (χ2v) is 4.41. The van der Waals surface area contributed by atoms with E-state index in [1.165, 1.54) is 0 Å². The van der Waals surface area contributed by atoms with Gasteiger partial charge >= 0.3 is 6.09 Å². The van der Waals surface area contributed by atoms with E-state index in [4.69, 9.17) is 4.74 Å². The van der Waals surface area contributed by atoms with Gasteiger partial charge in [-0.05, 0) is 11.0 Å². The van der Waals surface area contributed by atoms with Crippen LogP contribution in [0.4, 0.5) is 4.79 Å². The molecule has 1 unspecified atom stereocenters. The van der Waals surface area contributed by atoms with Gasteiger partial charge in [-0.25, -0.2) is 4.79 Å². The van der Waals surface area contributed by atoms with E-state index in [0.29, 0.717) is 6.61 Å². The van der Waals surface area contributed by atoms with Crippen LogP contribution in [0, 0.1) is 0 Å². The van der Waals surface area contributed by atoms with Crippen molar-refractivity contribution in [2.24, 2.45) is 0 Å². The number of carbonyl (C=O) groups is 1. The highest BCUT2D eigenvalue weighted by Gasteiger charge is 2.13. The van der Waals surface area contributed by atoms with Crippen LogP contribution in [0.15, 0.2) is 41.8 Å². The van der Waals surface area contributed by atoms with Gasteiger partial charge in [0, 0.05) is 5.75 Å². The zero-order chi connectivity index (χ0) is 11.2. The number of hydrogen-bond donors (Lipinski definition) is 1. The molecule has 1 atom stereocenters. The quantitative estimate of drug-likeness (QED) is 0.875. The third-order valence-corrected chi connectivity index (χ3v) is 3.10. The maximum absolute atomic E-state index is 11.4. The Hall–Kier alpha value is -1.42. The zero-order valence-electron chi connectivity index (χ0n) is 8.76. The summed E-state index contributed by atoms with van der Waals surface area (Å²) >= 11 is 1.69. The number of thioether (sulfide) groups is 1. The van der Waals surface area contributed by atoms with Crippen LogP contribution in [0.3, 0.4) is 0 Å². The van der Waals surface area contributed by atoms with Crippen LogP contribution in [0.1, 0.15) is 5.56 Å². The van der Waals surface area contributed by atoms with Crippen molar-refractivity contribution in [1.82, 2.24) is 5.32 Å². The predicted molar refractivity (Wildman–Crippen MR) is 65.1 cm³/mol. The third kappa shape index (κ3) is 3.31. The standard InChI is InChI=1S/C12H13NO2S/c14-12(13-11-6-7-16-9-11)15-8-10-4-2-1-3-5-10/h1-7,11H,8-9H2,(H,13,14). The fourth-order valence-corrected chi connectivity index (χ4v) is 2.18. The molecule has 84 valence electrons. The van der Waals surface area contributed by atoms with Crippen molar-refractivity contribution in [2.45, 2.75) is 12.6 Å². The minimum Gasteiger partial charge on any atom is -0.445 e. The Bertz CT molecular complexity index is 378. The lowest BCUT2D eigenvalue weighted by Gasteiger charge is -2.10. The van der Waals surface area contributed by atoms with Gasteiger partial charge in [0.25, 0.3) is 0 Å². The molecule has 0 aliphatic carbocycles. The molecule has 1 N–H and O–H groups in total. The van der Waals surface area contributed by atoms with Gasteiger partial charge in [0.2, 0.25) is 0 Å². The summed E-state index contributed by atoms with van der Waals surface area (Å²) in [4.78, 5) is 11.4. The van der Waals surface area contributed by atoms with Crippen LogP contribution in [0.25, 0.3) is 0 Å². The van der Waals surface area contributed by atoms with Gasteiger partial charge in [0.05, 0.1) is 6.04 Å². The van der Waals surface area contributed by atoms with Gasteiger partial charge in [-0.15, -0.1) is 11.8 Å². The van der Waals surface area contributed by atoms with Crippen molar-refractivity contribution in [3.8, 4) is 0 Å². The Balaban J connectivity index is 1.73. The molecule has 3 nitrogen and oxygen atoms in total. The van der Waals surface area contributed by atoms with E-state index in [1.807, 2.05) is 41.8 Å². The summed E-state index contributed by atoms with van der Waals surface area (Å²) in [6, 6.07) is 9.74. The molecule has 0 saturated carbocycles. The summed E-state index contributed by atoms with van der Waals surface area (Å²) in [7, 11) is 0. The van der Waals surface area contributed by atoms with Crippen molar-refractivity contribution in [1.29, 1.82) is 0 Å². The van der Waals surface area contributed by atoms with Crippen LogP contribution in [-0.4, -0.2) is 17.9 Å². The molecule has 0 saturated heterocycles. The summed E-state index contributed by atoms with van der Waals surface area (Å²) in [5.74, 6) is 0.889. The molecule has 0 bridgehead atoms. The Labute approximate surface area is 98.9 Å². The van der Waals surface area contributed by atoms with Crippen LogP contribution < -0.4 is 5.32 Å². The monoisotopic (exact) mass is 235 g/mol. The maximum Gasteiger partial charge on any atom is 0.407 e. The Kier molecular flexibility index (Phi) is 3.88. The molecule has 1 aromatic rings. The van der Waals surface area contributed by atoms with Gasteiger partial charge in [0.1, 0.15) is 6.61 Å². The van der Waals surface area contributed by atoms with Crippen LogP contribution in [0.5, 0.6) is 0 Å². The lowest BCUT2D eigenvalue weighted by Crippen LogP contribution is -2.34. The van der Waals surface area contributed by atoms with Crippen molar-refractivity contribution in [3.05, 3.63) is 47.4 Å². The molecule has 1 amide bonds. The number of alkyl carbamates (subject to hydrolysis) is 1. The largest absolute Gasteiger partial charge is 0.445 e. The highest BCUT2D eigenvalue weighted by atomic mass is 32.2. The number of nitrogens with one attached hydrogen (secondary N) is 1. The van der Waals surface area contributed by atoms with Crippen LogP contribution in [0.2, 0.25) is 0 Å². The highest BCUT2D eigenvalue weighted by Crippen LogP contribution is 2.14. The van der Waals surface area contributed by atoms with E-state index in [2.05, 4.69) is 5.32 Å². The van der Waals surface area contributed by atoms with Gasteiger partial charge in [0.15, 0.2) is 0 Å². The van der Waals surface area contributed by atoms with E-state index < -0.39 is 0 Å². The summed E-state index contributed by atoms with van der Waals surface area (Å²) in [5.41, 5.74) is 0.994. The minimum absolute atomic E-state index is 0.105. The van der Waals surface area contributed by atoms with Gasteiger partial charge in [-0.3, -0.25) is 0 Å². The molecule has 1 heterocycles. The third-order valence-electron chi connectivity index (χ3n) is 2.20. The van der Waals surface area contributed by atoms with E-state index in [9.17, 15) is 4.79 Å². The van der Waals surface area contributed by atoms with Crippen molar-refractivity contribution in [2.75, 3.05) is 5.75 Å². The van der Waals surface area contributed by atoms with Gasteiger partial charge in [-0.1, -0.05) is 36.4 Å². The normalized spacial score (nSPS) is 18.4. The summed E-state index contributed by atoms with van der Waals surface area (Å²) in [6.45, 7) is 0.316. The van der Waals surface area contributed by atoms with E-state index in [1.54, 1.807) is 11.8 Å². The van der Waals surface area contributed by atoms with Crippen molar-refractivity contribution < 1.29 is 9.53 Å². The highest BCUT2D eigenvalue weighted by molar-refractivity contribution is 8.02. The number of ether oxygens (including phenoxy) is 1. The SMILES string of the molecule is O=C(NC1C=CSC1)OCc1ccccc1. The molecule has 2 rings (SSSR count). The van der Waals surface area contributed by atoms with E-state index in [0.717, 1.165) is 11.3 Å². The lowest BCUT2D eigenvalue weighted by molar-refractivity contribution is 0.138. The number of benzene rings is 1. The summed E-state index contributed by atoms with van der Waals surface area (Å²) in [5, 5.41) is 4.77. The molecule has 0 radical (unpaired) electrons. The summed E-state index contributed by atoms with van der Waals surface area (Å²) < 4.78 is 5.10. The zero-order valence-corrected chi connectivity index (χ0v) is 9.57. The van der Waals surface area contributed by atoms with Crippen molar-refractivity contribution in [3.63, 3.8) is 0 Å². The molecule has 1 aromatic carbocycles. The number of amides is 1. The van der Waals surface area contributed by atoms with E-state index >= 15 is 0 Å². The van der Waals surface area contributed by atoms with Gasteiger partial charge in [-0.2, -0.15) is 0 Å². The molecular weight excluding hydrogens is 222 g/mol. The topological polar surface area (TPSA) is 38.3 Å². The van der Waals surface area contributed by atoms with Crippen LogP contribution in [-0.2, 0) is 11.3 Å². The summed E-state index contributed by atoms with van der Waals surface area (Å²) in [6.07, 6.45) is 1.61. The molecule has 0 spiro atoms. The second kappa shape index (κ2) is 5.61. The molecule has 1 aliphatic heterocycles. The number of hydrogen-bond acceptors (Lipinski definition) is 3. The van der Waals surface area contributed by atoms with Crippen LogP contribution >= 0.6 is 11.8 Å². The lowest BCUT2D eigenvalue weighted by atomic mass is 10.2. The average molecular weight is 235 g/mol. The van der Waals surface area contributed by atoms with Gasteiger partial charge < -0.3 is 10.1 Å². The first-order valence-corrected chi connectivity index (χ1v) is 6.15. The van der Waals surface area contributed by atoms with Crippen molar-refractivity contribution >= 4 is 17.9 Å². The minimum atomic E-state index is -0.360. The predicted octanol–water partition coefficient (Wildman–Crippen LogP) is 2.54. The molecule has 0 fully saturated rings. The first-order valence-electron chi connectivity index (χ1n) is 5.10. The number of carbonyl (C=O) groups excluding carboxylic acids is 1. The Morgan fingerprint density at radius 3 is 2.94 bits per heavy atom. The Morgan fingerprint density at radius 2 is 2.25 bits per heavy atom. The number of rotatable bonds is 3. The molecule has 0 aromatic heterocycles.